The molecule has 0 aliphatic rings. The van der Waals surface area contributed by atoms with Gasteiger partial charge in [-0.1, -0.05) is 18.1 Å². The molecule has 0 fully saturated rings. The average molecular weight is 172 g/mol. The second-order valence-corrected chi connectivity index (χ2v) is 2.29. The van der Waals surface area contributed by atoms with Crippen LogP contribution in [0.3, 0.4) is 0 Å². The van der Waals surface area contributed by atoms with Crippen molar-refractivity contribution in [1.29, 1.82) is 0 Å². The first-order valence-corrected chi connectivity index (χ1v) is 3.17. The zero-order valence-corrected chi connectivity index (χ0v) is 7.36. The van der Waals surface area contributed by atoms with Crippen LogP contribution in [0.25, 0.3) is 0 Å². The van der Waals surface area contributed by atoms with Crippen LogP contribution in [-0.2, 0) is 0 Å². The first-order chi connectivity index (χ1) is 4.68. The van der Waals surface area contributed by atoms with Crippen LogP contribution in [0, 0.1) is 12.3 Å². The Kier molecular flexibility index (Phi) is 7.08. The zero-order chi connectivity index (χ0) is 8.04. The fraction of sp³-hybridized carbons (Fsp3) is 0.333. The predicted molar refractivity (Wildman–Crippen MR) is 52.6 cm³/mol. The van der Waals surface area contributed by atoms with Crippen molar-refractivity contribution in [2.24, 2.45) is 5.73 Å². The molecule has 0 aliphatic carbocycles. The summed E-state index contributed by atoms with van der Waals surface area (Å²) in [6, 6.07) is 0. The van der Waals surface area contributed by atoms with E-state index < -0.39 is 5.54 Å². The Morgan fingerprint density at radius 1 is 1.36 bits per heavy atom. The van der Waals surface area contributed by atoms with Crippen LogP contribution in [-0.4, -0.2) is 5.54 Å². The zero-order valence-electron chi connectivity index (χ0n) is 6.55. The number of hydrogen-bond acceptors (Lipinski definition) is 1. The molecule has 1 nitrogen and oxygen atoms in total. The van der Waals surface area contributed by atoms with Gasteiger partial charge in [0.05, 0.1) is 5.54 Å². The molecule has 0 aliphatic heterocycles. The standard InChI is InChI=1S/C9H13N.ClH/c1-4-7-9(10,6-3)8-5-2;/h3-5H,1-2,7-8,10H2;1H. The predicted octanol–water partition coefficient (Wildman–Crippen LogP) is 1.89. The van der Waals surface area contributed by atoms with Gasteiger partial charge in [-0.3, -0.25) is 0 Å². The van der Waals surface area contributed by atoms with Gasteiger partial charge in [0.1, 0.15) is 0 Å². The minimum atomic E-state index is -0.566. The second kappa shape index (κ2) is 6.03. The maximum atomic E-state index is 5.74. The molecule has 0 aromatic rings. The summed E-state index contributed by atoms with van der Waals surface area (Å²) in [6.45, 7) is 7.13. The third-order valence-electron chi connectivity index (χ3n) is 1.30. The maximum Gasteiger partial charge on any atom is 0.0842 e. The molecule has 0 aromatic carbocycles. The van der Waals surface area contributed by atoms with Gasteiger partial charge in [0.2, 0.25) is 0 Å². The third-order valence-corrected chi connectivity index (χ3v) is 1.30. The summed E-state index contributed by atoms with van der Waals surface area (Å²) in [5.41, 5.74) is 5.17. The Morgan fingerprint density at radius 3 is 1.91 bits per heavy atom. The van der Waals surface area contributed by atoms with Crippen molar-refractivity contribution in [3.8, 4) is 12.3 Å². The van der Waals surface area contributed by atoms with Crippen LogP contribution in [0.15, 0.2) is 25.3 Å². The van der Waals surface area contributed by atoms with Crippen LogP contribution >= 0.6 is 12.4 Å². The average Bonchev–Trinajstić information content (AvgIpc) is 1.89. The SMILES string of the molecule is C#CC(N)(CC=C)CC=C.Cl. The molecule has 0 aromatic heterocycles. The van der Waals surface area contributed by atoms with Crippen molar-refractivity contribution in [3.05, 3.63) is 25.3 Å². The van der Waals surface area contributed by atoms with Crippen molar-refractivity contribution < 1.29 is 0 Å². The van der Waals surface area contributed by atoms with Crippen molar-refractivity contribution in [2.75, 3.05) is 0 Å². The normalized spacial score (nSPS) is 9.09. The summed E-state index contributed by atoms with van der Waals surface area (Å²) in [5.74, 6) is 2.52. The second-order valence-electron chi connectivity index (χ2n) is 2.29. The van der Waals surface area contributed by atoms with E-state index in [-0.39, 0.29) is 12.4 Å². The van der Waals surface area contributed by atoms with Crippen molar-refractivity contribution in [1.82, 2.24) is 0 Å². The largest absolute Gasteiger partial charge is 0.315 e. The summed E-state index contributed by atoms with van der Waals surface area (Å²) in [5, 5.41) is 0. The van der Waals surface area contributed by atoms with Gasteiger partial charge in [0, 0.05) is 0 Å². The molecule has 2 N–H and O–H groups in total. The molecule has 0 rings (SSSR count). The lowest BCUT2D eigenvalue weighted by atomic mass is 9.94. The quantitative estimate of drug-likeness (QED) is 0.508. The lowest BCUT2D eigenvalue weighted by Gasteiger charge is -2.18. The summed E-state index contributed by atoms with van der Waals surface area (Å²) >= 11 is 0. The van der Waals surface area contributed by atoms with Gasteiger partial charge < -0.3 is 5.73 Å². The highest BCUT2D eigenvalue weighted by Gasteiger charge is 2.16. The smallest absolute Gasteiger partial charge is 0.0842 e. The molecule has 11 heavy (non-hydrogen) atoms. The lowest BCUT2D eigenvalue weighted by molar-refractivity contribution is 0.566. The molecule has 0 radical (unpaired) electrons. The highest BCUT2D eigenvalue weighted by Crippen LogP contribution is 2.10. The van der Waals surface area contributed by atoms with Gasteiger partial charge in [0.25, 0.3) is 0 Å². The highest BCUT2D eigenvalue weighted by atomic mass is 35.5. The highest BCUT2D eigenvalue weighted by molar-refractivity contribution is 5.85. The van der Waals surface area contributed by atoms with E-state index in [1.54, 1.807) is 12.2 Å². The number of hydrogen-bond donors (Lipinski definition) is 1. The molecule has 0 amide bonds. The molecule has 0 heterocycles. The summed E-state index contributed by atoms with van der Waals surface area (Å²) in [7, 11) is 0. The molecule has 0 saturated heterocycles. The van der Waals surface area contributed by atoms with Crippen molar-refractivity contribution in [2.45, 2.75) is 18.4 Å². The van der Waals surface area contributed by atoms with Crippen LogP contribution in [0.5, 0.6) is 0 Å². The van der Waals surface area contributed by atoms with E-state index >= 15 is 0 Å². The Morgan fingerprint density at radius 2 is 1.73 bits per heavy atom. The summed E-state index contributed by atoms with van der Waals surface area (Å²) in [6.07, 6.45) is 9.93. The van der Waals surface area contributed by atoms with E-state index in [4.69, 9.17) is 12.2 Å². The van der Waals surface area contributed by atoms with E-state index in [1.807, 2.05) is 0 Å². The molecule has 0 bridgehead atoms. The van der Waals surface area contributed by atoms with Crippen LogP contribution < -0.4 is 5.73 Å². The minimum absolute atomic E-state index is 0. The Balaban J connectivity index is 0. The first-order valence-electron chi connectivity index (χ1n) is 3.17. The number of nitrogens with two attached hydrogens (primary N) is 1. The van der Waals surface area contributed by atoms with Crippen molar-refractivity contribution in [3.63, 3.8) is 0 Å². The molecular formula is C9H14ClN. The van der Waals surface area contributed by atoms with Gasteiger partial charge in [-0.2, -0.15) is 0 Å². The Bertz CT molecular complexity index is 157. The van der Waals surface area contributed by atoms with Crippen LogP contribution in [0.1, 0.15) is 12.8 Å². The van der Waals surface area contributed by atoms with Crippen LogP contribution in [0.2, 0.25) is 0 Å². The van der Waals surface area contributed by atoms with Gasteiger partial charge in [-0.25, -0.2) is 0 Å². The lowest BCUT2D eigenvalue weighted by Crippen LogP contribution is -2.36. The molecule has 0 atom stereocenters. The number of terminal acetylenes is 1. The maximum absolute atomic E-state index is 5.74. The molecular weight excluding hydrogens is 158 g/mol. The van der Waals surface area contributed by atoms with Gasteiger partial charge in [-0.15, -0.1) is 32.0 Å². The molecule has 2 heteroatoms. The molecule has 0 spiro atoms. The Labute approximate surface area is 74.8 Å². The van der Waals surface area contributed by atoms with Gasteiger partial charge >= 0.3 is 0 Å². The molecule has 0 unspecified atom stereocenters. The van der Waals surface area contributed by atoms with Crippen molar-refractivity contribution >= 4 is 12.4 Å². The third kappa shape index (κ3) is 4.66. The van der Waals surface area contributed by atoms with Crippen LogP contribution in [0.4, 0.5) is 0 Å². The molecule has 0 saturated carbocycles. The van der Waals surface area contributed by atoms with E-state index in [0.717, 1.165) is 0 Å². The fourth-order valence-corrected chi connectivity index (χ4v) is 0.716. The number of halogens is 1. The summed E-state index contributed by atoms with van der Waals surface area (Å²) < 4.78 is 0. The van der Waals surface area contributed by atoms with E-state index in [1.165, 1.54) is 0 Å². The van der Waals surface area contributed by atoms with E-state index in [2.05, 4.69) is 19.1 Å². The summed E-state index contributed by atoms with van der Waals surface area (Å²) in [4.78, 5) is 0. The minimum Gasteiger partial charge on any atom is -0.315 e. The first kappa shape index (κ1) is 12.9. The Hall–Kier alpha value is -0.710. The topological polar surface area (TPSA) is 26.0 Å². The van der Waals surface area contributed by atoms with E-state index in [9.17, 15) is 0 Å². The number of rotatable bonds is 4. The van der Waals surface area contributed by atoms with Gasteiger partial charge in [0.15, 0.2) is 0 Å². The fourth-order valence-electron chi connectivity index (χ4n) is 0.716. The van der Waals surface area contributed by atoms with E-state index in [0.29, 0.717) is 12.8 Å². The monoisotopic (exact) mass is 171 g/mol. The van der Waals surface area contributed by atoms with Gasteiger partial charge in [-0.05, 0) is 12.8 Å². The molecule has 62 valence electrons.